The van der Waals surface area contributed by atoms with Gasteiger partial charge in [0.15, 0.2) is 0 Å². The number of rotatable bonds is 4. The average molecular weight is 497 g/mol. The highest BCUT2D eigenvalue weighted by Crippen LogP contribution is 2.29. The number of aromatic nitrogens is 2. The van der Waals surface area contributed by atoms with E-state index in [1.165, 1.54) is 24.3 Å². The number of sulfone groups is 1. The van der Waals surface area contributed by atoms with Crippen molar-refractivity contribution in [2.45, 2.75) is 23.1 Å². The minimum atomic E-state index is -3.48. The summed E-state index contributed by atoms with van der Waals surface area (Å²) in [4.78, 5) is 8.64. The Morgan fingerprint density at radius 1 is 0.735 bits per heavy atom. The Labute approximate surface area is 203 Å². The Balaban J connectivity index is 0.000000191. The first kappa shape index (κ1) is 24.8. The van der Waals surface area contributed by atoms with Gasteiger partial charge in [-0.1, -0.05) is 30.7 Å². The van der Waals surface area contributed by atoms with Crippen LogP contribution in [0.3, 0.4) is 0 Å². The lowest BCUT2D eigenvalue weighted by atomic mass is 10.0. The van der Waals surface area contributed by atoms with Crippen LogP contribution in [0.5, 0.6) is 0 Å². The van der Waals surface area contributed by atoms with E-state index in [0.717, 1.165) is 23.2 Å². The zero-order chi connectivity index (χ0) is 24.9. The van der Waals surface area contributed by atoms with Gasteiger partial charge in [0.05, 0.1) is 15.5 Å². The molecule has 3 aromatic carbocycles. The normalized spacial score (nSPS) is 10.9. The van der Waals surface area contributed by atoms with Gasteiger partial charge in [-0.2, -0.15) is 4.98 Å². The van der Waals surface area contributed by atoms with Crippen molar-refractivity contribution in [1.82, 2.24) is 9.97 Å². The van der Waals surface area contributed by atoms with E-state index in [4.69, 9.17) is 34.5 Å². The van der Waals surface area contributed by atoms with Crippen molar-refractivity contribution in [2.24, 2.45) is 0 Å². The molecule has 0 aliphatic carbocycles. The Kier molecular flexibility index (Phi) is 7.60. The van der Waals surface area contributed by atoms with Gasteiger partial charge >= 0.3 is 0 Å². The van der Waals surface area contributed by atoms with Crippen molar-refractivity contribution in [3.8, 4) is 11.1 Å². The first-order chi connectivity index (χ1) is 16.1. The second-order valence-corrected chi connectivity index (χ2v) is 9.68. The number of hydrogen-bond acceptors (Lipinski definition) is 8. The molecule has 1 aromatic heterocycles. The molecule has 0 bridgehead atoms. The molecule has 0 atom stereocenters. The molecule has 0 saturated carbocycles. The molecule has 0 unspecified atom stereocenters. The van der Waals surface area contributed by atoms with Gasteiger partial charge in [0.25, 0.3) is 0 Å². The number of benzene rings is 3. The monoisotopic (exact) mass is 496 g/mol. The van der Waals surface area contributed by atoms with Crippen LogP contribution >= 0.6 is 11.6 Å². The quantitative estimate of drug-likeness (QED) is 0.305. The Morgan fingerprint density at radius 3 is 1.65 bits per heavy atom. The minimum absolute atomic E-state index is 0.206. The zero-order valence-electron chi connectivity index (χ0n) is 18.4. The van der Waals surface area contributed by atoms with E-state index in [-0.39, 0.29) is 15.7 Å². The van der Waals surface area contributed by atoms with E-state index >= 15 is 0 Å². The van der Waals surface area contributed by atoms with Crippen LogP contribution in [0.1, 0.15) is 12.6 Å². The molecule has 8 N–H and O–H groups in total. The molecule has 176 valence electrons. The average Bonchev–Trinajstić information content (AvgIpc) is 2.80. The van der Waals surface area contributed by atoms with Crippen LogP contribution in [-0.2, 0) is 16.3 Å². The number of aryl methyl sites for hydroxylation is 1. The van der Waals surface area contributed by atoms with Gasteiger partial charge in [-0.05, 0) is 72.6 Å². The minimum Gasteiger partial charge on any atom is -0.399 e. The molecule has 0 radical (unpaired) electrons. The van der Waals surface area contributed by atoms with E-state index in [2.05, 4.69) is 9.97 Å². The van der Waals surface area contributed by atoms with Gasteiger partial charge in [-0.3, -0.25) is 0 Å². The molecular weight excluding hydrogens is 472 g/mol. The summed E-state index contributed by atoms with van der Waals surface area (Å²) in [5.41, 5.74) is 26.2. The smallest absolute Gasteiger partial charge is 0.222 e. The van der Waals surface area contributed by atoms with Gasteiger partial charge < -0.3 is 22.9 Å². The SMILES string of the molecule is CCc1nc(N)nc(N)c1-c1ccc(Cl)cc1.Nc1ccc(S(=O)(=O)c2ccc(N)cc2)cc1. The van der Waals surface area contributed by atoms with Crippen LogP contribution in [-0.4, -0.2) is 18.4 Å². The number of anilines is 4. The summed E-state index contributed by atoms with van der Waals surface area (Å²) in [6.45, 7) is 2.00. The van der Waals surface area contributed by atoms with Gasteiger partial charge in [0, 0.05) is 22.0 Å². The lowest BCUT2D eigenvalue weighted by Gasteiger charge is -2.10. The summed E-state index contributed by atoms with van der Waals surface area (Å²) in [5, 5.41) is 0.682. The maximum Gasteiger partial charge on any atom is 0.222 e. The second kappa shape index (κ2) is 10.4. The van der Waals surface area contributed by atoms with E-state index in [0.29, 0.717) is 22.2 Å². The van der Waals surface area contributed by atoms with Crippen molar-refractivity contribution in [3.05, 3.63) is 83.5 Å². The highest BCUT2D eigenvalue weighted by atomic mass is 35.5. The van der Waals surface area contributed by atoms with Crippen LogP contribution in [0.15, 0.2) is 82.6 Å². The van der Waals surface area contributed by atoms with Crippen LogP contribution < -0.4 is 22.9 Å². The fourth-order valence-corrected chi connectivity index (χ4v) is 4.55. The lowest BCUT2D eigenvalue weighted by molar-refractivity contribution is 0.596. The Bertz CT molecular complexity index is 1320. The Hall–Kier alpha value is -3.82. The first-order valence-corrected chi connectivity index (χ1v) is 12.1. The largest absolute Gasteiger partial charge is 0.399 e. The highest BCUT2D eigenvalue weighted by molar-refractivity contribution is 7.91. The maximum absolute atomic E-state index is 12.2. The van der Waals surface area contributed by atoms with Crippen molar-refractivity contribution < 1.29 is 8.42 Å². The third kappa shape index (κ3) is 5.75. The summed E-state index contributed by atoms with van der Waals surface area (Å²) in [5.74, 6) is 0.605. The second-order valence-electron chi connectivity index (χ2n) is 7.29. The molecule has 1 heterocycles. The first-order valence-electron chi connectivity index (χ1n) is 10.3. The molecule has 0 fully saturated rings. The summed E-state index contributed by atoms with van der Waals surface area (Å²) < 4.78 is 24.3. The molecular formula is C24H25ClN6O2S. The molecule has 10 heteroatoms. The van der Waals surface area contributed by atoms with Crippen molar-refractivity contribution in [2.75, 3.05) is 22.9 Å². The molecule has 0 amide bonds. The standard InChI is InChI=1S/C12H13ClN4.C12H12N2O2S/c1-2-9-10(11(14)17-12(15)16-9)7-3-5-8(13)6-4-7;13-9-1-5-11(6-2-9)17(15,16)12-7-3-10(14)4-8-12/h3-6H,2H2,1H3,(H4,14,15,16,17);1-8H,13-14H2. The highest BCUT2D eigenvalue weighted by Gasteiger charge is 2.17. The Morgan fingerprint density at radius 2 is 1.21 bits per heavy atom. The molecule has 4 rings (SSSR count). The lowest BCUT2D eigenvalue weighted by Crippen LogP contribution is -2.06. The fourth-order valence-electron chi connectivity index (χ4n) is 3.16. The van der Waals surface area contributed by atoms with Crippen molar-refractivity contribution >= 4 is 44.6 Å². The van der Waals surface area contributed by atoms with Crippen molar-refractivity contribution in [3.63, 3.8) is 0 Å². The fraction of sp³-hybridized carbons (Fsp3) is 0.0833. The summed E-state index contributed by atoms with van der Waals surface area (Å²) in [6, 6.07) is 19.6. The van der Waals surface area contributed by atoms with Gasteiger partial charge in [0.2, 0.25) is 15.8 Å². The number of nitrogen functional groups attached to an aromatic ring is 4. The number of nitrogens with two attached hydrogens (primary N) is 4. The molecule has 0 saturated heterocycles. The molecule has 4 aromatic rings. The van der Waals surface area contributed by atoms with Crippen molar-refractivity contribution in [1.29, 1.82) is 0 Å². The number of nitrogens with zero attached hydrogens (tertiary/aromatic N) is 2. The molecule has 8 nitrogen and oxygen atoms in total. The van der Waals surface area contributed by atoms with Crippen LogP contribution in [0.2, 0.25) is 5.02 Å². The maximum atomic E-state index is 12.2. The topological polar surface area (TPSA) is 164 Å². The summed E-state index contributed by atoms with van der Waals surface area (Å²) in [7, 11) is -3.48. The number of halogens is 1. The predicted molar refractivity (Wildman–Crippen MR) is 138 cm³/mol. The molecule has 0 spiro atoms. The van der Waals surface area contributed by atoms with Crippen LogP contribution in [0, 0.1) is 0 Å². The van der Waals surface area contributed by atoms with Crippen LogP contribution in [0.25, 0.3) is 11.1 Å². The zero-order valence-corrected chi connectivity index (χ0v) is 20.0. The van der Waals surface area contributed by atoms with Crippen LogP contribution in [0.4, 0.5) is 23.1 Å². The predicted octanol–water partition coefficient (Wildman–Crippen LogP) is 4.21. The number of hydrogen-bond donors (Lipinski definition) is 4. The van der Waals surface area contributed by atoms with E-state index in [9.17, 15) is 8.42 Å². The molecule has 0 aliphatic rings. The summed E-state index contributed by atoms with van der Waals surface area (Å²) >= 11 is 5.86. The molecule has 0 aliphatic heterocycles. The third-order valence-electron chi connectivity index (χ3n) is 4.88. The molecule has 34 heavy (non-hydrogen) atoms. The van der Waals surface area contributed by atoms with E-state index in [1.54, 1.807) is 24.3 Å². The van der Waals surface area contributed by atoms with Gasteiger partial charge in [-0.25, -0.2) is 13.4 Å². The van der Waals surface area contributed by atoms with Gasteiger partial charge in [-0.15, -0.1) is 0 Å². The van der Waals surface area contributed by atoms with E-state index in [1.807, 2.05) is 31.2 Å². The van der Waals surface area contributed by atoms with E-state index < -0.39 is 9.84 Å². The third-order valence-corrected chi connectivity index (χ3v) is 6.92. The summed E-state index contributed by atoms with van der Waals surface area (Å²) in [6.07, 6.45) is 0.745. The van der Waals surface area contributed by atoms with Gasteiger partial charge in [0.1, 0.15) is 5.82 Å².